The summed E-state index contributed by atoms with van der Waals surface area (Å²) in [7, 11) is -1.56. The molecule has 50 heavy (non-hydrogen) atoms. The third-order valence-corrected chi connectivity index (χ3v) is 14.8. The maximum Gasteiger partial charge on any atom is 0.338 e. The Balaban J connectivity index is 1.53. The van der Waals surface area contributed by atoms with Crippen LogP contribution in [0.4, 0.5) is 0 Å². The summed E-state index contributed by atoms with van der Waals surface area (Å²) in [6.45, 7) is 6.99. The van der Waals surface area contributed by atoms with Crippen LogP contribution in [0.3, 0.4) is 0 Å². The van der Waals surface area contributed by atoms with Crippen molar-refractivity contribution in [3.05, 3.63) is 132 Å². The quantitative estimate of drug-likeness (QED) is 0.0590. The van der Waals surface area contributed by atoms with E-state index in [2.05, 4.69) is 69.3 Å². The molecule has 7 nitrogen and oxygen atoms in total. The molecule has 0 spiro atoms. The smallest absolute Gasteiger partial charge is 0.338 e. The molecule has 0 radical (unpaired) electrons. The standard InChI is InChI=1S/C42H48O7Si/c1-42(2,3)50(33-23-13-7-14-24-33,34-25-15-8-16-26-34)47-30-36-35(27-17-18-28-39(43)46-4)37(48-40(44)31-19-9-5-10-20-31)29-38(36)49-41(45)32-21-11-6-12-22-32/h5-16,19-26,35-38H,17-18,27-30H2,1-4H3/t35-,36+,37-,38+/m1/s1. The lowest BCUT2D eigenvalue weighted by Gasteiger charge is -2.44. The third kappa shape index (κ3) is 8.60. The number of hydrogen-bond donors (Lipinski definition) is 0. The fourth-order valence-corrected chi connectivity index (χ4v) is 11.9. The lowest BCUT2D eigenvalue weighted by Crippen LogP contribution is -2.67. The van der Waals surface area contributed by atoms with Crippen molar-refractivity contribution in [1.29, 1.82) is 0 Å². The number of carbonyl (C=O) groups is 3. The van der Waals surface area contributed by atoms with E-state index in [-0.39, 0.29) is 22.8 Å². The second kappa shape index (κ2) is 16.9. The molecule has 0 amide bonds. The van der Waals surface area contributed by atoms with E-state index in [1.807, 2.05) is 36.4 Å². The van der Waals surface area contributed by atoms with Crippen molar-refractivity contribution in [2.24, 2.45) is 11.8 Å². The van der Waals surface area contributed by atoms with Crippen LogP contribution in [0.5, 0.6) is 0 Å². The number of unbranched alkanes of at least 4 members (excludes halogenated alkanes) is 1. The lowest BCUT2D eigenvalue weighted by molar-refractivity contribution is -0.140. The fourth-order valence-electron chi connectivity index (χ4n) is 7.33. The van der Waals surface area contributed by atoms with Crippen LogP contribution < -0.4 is 10.4 Å². The number of rotatable bonds is 14. The van der Waals surface area contributed by atoms with Crippen LogP contribution in [-0.2, 0) is 23.4 Å². The fraction of sp³-hybridized carbons (Fsp3) is 0.357. The van der Waals surface area contributed by atoms with Crippen molar-refractivity contribution in [3.8, 4) is 0 Å². The highest BCUT2D eigenvalue weighted by molar-refractivity contribution is 6.99. The SMILES string of the molecule is COC(=O)CCCC[C@@H]1[C@H](CO[Si](c2ccccc2)(c2ccccc2)C(C)(C)C)[C@@H](OC(=O)c2ccccc2)C[C@H]1OC(=O)c1ccccc1. The molecule has 0 saturated heterocycles. The molecule has 0 unspecified atom stereocenters. The predicted molar refractivity (Wildman–Crippen MR) is 197 cm³/mol. The molecule has 1 fully saturated rings. The molecule has 1 saturated carbocycles. The number of methoxy groups -OCH3 is 1. The number of carbonyl (C=O) groups excluding carboxylic acids is 3. The van der Waals surface area contributed by atoms with Gasteiger partial charge in [-0.25, -0.2) is 9.59 Å². The Labute approximate surface area is 297 Å². The zero-order valence-electron chi connectivity index (χ0n) is 29.5. The van der Waals surface area contributed by atoms with Gasteiger partial charge < -0.3 is 18.6 Å². The van der Waals surface area contributed by atoms with Crippen molar-refractivity contribution < 1.29 is 33.0 Å². The highest BCUT2D eigenvalue weighted by atomic mass is 28.4. The Morgan fingerprint density at radius 1 is 0.640 bits per heavy atom. The summed E-state index contributed by atoms with van der Waals surface area (Å²) >= 11 is 0. The Morgan fingerprint density at radius 2 is 1.08 bits per heavy atom. The highest BCUT2D eigenvalue weighted by Gasteiger charge is 2.53. The topological polar surface area (TPSA) is 88.1 Å². The van der Waals surface area contributed by atoms with Crippen LogP contribution in [0.25, 0.3) is 0 Å². The Hall–Kier alpha value is -4.53. The Morgan fingerprint density at radius 3 is 1.52 bits per heavy atom. The number of benzene rings is 4. The van der Waals surface area contributed by atoms with E-state index in [9.17, 15) is 14.4 Å². The van der Waals surface area contributed by atoms with Crippen LogP contribution in [0.1, 0.15) is 73.6 Å². The van der Waals surface area contributed by atoms with Crippen LogP contribution >= 0.6 is 0 Å². The van der Waals surface area contributed by atoms with Crippen LogP contribution in [0.2, 0.25) is 5.04 Å². The second-order valence-corrected chi connectivity index (χ2v) is 18.3. The number of esters is 3. The molecule has 4 aromatic rings. The summed E-state index contributed by atoms with van der Waals surface area (Å²) in [6, 6.07) is 38.8. The average Bonchev–Trinajstić information content (AvgIpc) is 3.45. The van der Waals surface area contributed by atoms with E-state index in [1.54, 1.807) is 36.4 Å². The van der Waals surface area contributed by atoms with Gasteiger partial charge in [0.2, 0.25) is 0 Å². The zero-order chi connectivity index (χ0) is 35.6. The van der Waals surface area contributed by atoms with Crippen LogP contribution in [0.15, 0.2) is 121 Å². The van der Waals surface area contributed by atoms with Crippen molar-refractivity contribution >= 4 is 36.6 Å². The van der Waals surface area contributed by atoms with Crippen molar-refractivity contribution in [2.75, 3.05) is 13.7 Å². The molecule has 262 valence electrons. The minimum atomic E-state index is -2.95. The summed E-state index contributed by atoms with van der Waals surface area (Å²) in [5.74, 6) is -1.57. The molecule has 0 heterocycles. The van der Waals surface area contributed by atoms with Gasteiger partial charge in [0.15, 0.2) is 0 Å². The molecule has 1 aliphatic rings. The van der Waals surface area contributed by atoms with E-state index < -0.39 is 32.5 Å². The molecular weight excluding hydrogens is 645 g/mol. The monoisotopic (exact) mass is 692 g/mol. The van der Waals surface area contributed by atoms with Gasteiger partial charge in [0, 0.05) is 31.3 Å². The predicted octanol–water partition coefficient (Wildman–Crippen LogP) is 7.38. The summed E-state index contributed by atoms with van der Waals surface area (Å²) in [5.41, 5.74) is 0.917. The molecule has 1 aliphatic carbocycles. The number of hydrogen-bond acceptors (Lipinski definition) is 7. The van der Waals surface area contributed by atoms with E-state index in [1.165, 1.54) is 7.11 Å². The number of ether oxygens (including phenoxy) is 3. The maximum absolute atomic E-state index is 13.6. The normalized spacial score (nSPS) is 19.0. The molecule has 0 N–H and O–H groups in total. The van der Waals surface area contributed by atoms with E-state index in [0.717, 1.165) is 10.4 Å². The molecule has 8 heteroatoms. The molecule has 0 bridgehead atoms. The first-order valence-electron chi connectivity index (χ1n) is 17.5. The van der Waals surface area contributed by atoms with Gasteiger partial charge in [-0.2, -0.15) is 0 Å². The second-order valence-electron chi connectivity index (χ2n) is 14.0. The van der Waals surface area contributed by atoms with Gasteiger partial charge in [-0.1, -0.05) is 124 Å². The van der Waals surface area contributed by atoms with Crippen LogP contribution in [-0.4, -0.2) is 52.1 Å². The Bertz CT molecular complexity index is 1630. The van der Waals surface area contributed by atoms with Crippen molar-refractivity contribution in [3.63, 3.8) is 0 Å². The molecule has 5 rings (SSSR count). The Kier molecular flexibility index (Phi) is 12.4. The van der Waals surface area contributed by atoms with Gasteiger partial charge in [-0.3, -0.25) is 4.79 Å². The van der Waals surface area contributed by atoms with Gasteiger partial charge in [-0.05, 0) is 52.5 Å². The summed E-state index contributed by atoms with van der Waals surface area (Å²) < 4.78 is 24.9. The van der Waals surface area contributed by atoms with E-state index >= 15 is 0 Å². The minimum absolute atomic E-state index is 0.188. The molecule has 4 aromatic carbocycles. The molecule has 0 aromatic heterocycles. The first kappa shape index (κ1) is 36.7. The van der Waals surface area contributed by atoms with E-state index in [0.29, 0.717) is 49.8 Å². The van der Waals surface area contributed by atoms with Gasteiger partial charge in [0.1, 0.15) is 12.2 Å². The first-order valence-corrected chi connectivity index (χ1v) is 19.4. The minimum Gasteiger partial charge on any atom is -0.469 e. The summed E-state index contributed by atoms with van der Waals surface area (Å²) in [5, 5.41) is 2.03. The zero-order valence-corrected chi connectivity index (χ0v) is 30.5. The van der Waals surface area contributed by atoms with Crippen LogP contribution in [0, 0.1) is 11.8 Å². The molecular formula is C42H48O7Si. The first-order chi connectivity index (χ1) is 24.1. The van der Waals surface area contributed by atoms with Gasteiger partial charge >= 0.3 is 17.9 Å². The van der Waals surface area contributed by atoms with Gasteiger partial charge in [0.25, 0.3) is 8.32 Å². The maximum atomic E-state index is 13.6. The lowest BCUT2D eigenvalue weighted by atomic mass is 9.89. The largest absolute Gasteiger partial charge is 0.469 e. The molecule has 4 atom stereocenters. The summed E-state index contributed by atoms with van der Waals surface area (Å²) in [6.07, 6.45) is 1.52. The van der Waals surface area contributed by atoms with E-state index in [4.69, 9.17) is 18.6 Å². The third-order valence-electron chi connectivity index (χ3n) is 9.81. The van der Waals surface area contributed by atoms with Gasteiger partial charge in [0.05, 0.1) is 18.2 Å². The highest BCUT2D eigenvalue weighted by Crippen LogP contribution is 2.43. The van der Waals surface area contributed by atoms with Gasteiger partial charge in [-0.15, -0.1) is 0 Å². The van der Waals surface area contributed by atoms with Crippen molar-refractivity contribution in [1.82, 2.24) is 0 Å². The summed E-state index contributed by atoms with van der Waals surface area (Å²) in [4.78, 5) is 39.0. The van der Waals surface area contributed by atoms with Crippen molar-refractivity contribution in [2.45, 2.75) is 70.1 Å². The molecule has 0 aliphatic heterocycles. The average molecular weight is 693 g/mol.